The van der Waals surface area contributed by atoms with E-state index in [1.54, 1.807) is 31.2 Å². The molecule has 0 spiro atoms. The number of carbonyl (C=O) groups is 2. The molecule has 0 heterocycles. The molecule has 0 unspecified atom stereocenters. The molecular weight excluding hydrogens is 346 g/mol. The lowest BCUT2D eigenvalue weighted by Gasteiger charge is -2.20. The van der Waals surface area contributed by atoms with Gasteiger partial charge in [0.15, 0.2) is 0 Å². The second kappa shape index (κ2) is 8.07. The molecule has 4 nitrogen and oxygen atoms in total. The highest BCUT2D eigenvalue weighted by Crippen LogP contribution is 2.22. The Balaban J connectivity index is 2.95. The number of esters is 1. The van der Waals surface area contributed by atoms with Crippen LogP contribution in [0.1, 0.15) is 17.3 Å². The van der Waals surface area contributed by atoms with E-state index in [9.17, 15) is 9.59 Å². The lowest BCUT2D eigenvalue weighted by Crippen LogP contribution is -2.36. The van der Waals surface area contributed by atoms with Gasteiger partial charge in [-0.05, 0) is 25.1 Å². The molecule has 108 valence electrons. The number of hydrogen-bond acceptors (Lipinski definition) is 3. The van der Waals surface area contributed by atoms with Gasteiger partial charge in [-0.3, -0.25) is 9.59 Å². The van der Waals surface area contributed by atoms with E-state index in [0.29, 0.717) is 10.6 Å². The molecule has 20 heavy (non-hydrogen) atoms. The summed E-state index contributed by atoms with van der Waals surface area (Å²) in [6, 6.07) is 4.98. The highest BCUT2D eigenvalue weighted by atomic mass is 79.9. The van der Waals surface area contributed by atoms with Crippen molar-refractivity contribution < 1.29 is 14.3 Å². The van der Waals surface area contributed by atoms with E-state index in [4.69, 9.17) is 16.3 Å². The predicted octanol–water partition coefficient (Wildman–Crippen LogP) is 3.29. The van der Waals surface area contributed by atoms with Crippen molar-refractivity contribution in [1.29, 1.82) is 0 Å². The van der Waals surface area contributed by atoms with E-state index in [-0.39, 0.29) is 25.6 Å². The van der Waals surface area contributed by atoms with Gasteiger partial charge < -0.3 is 9.64 Å². The number of ether oxygens (including phenoxy) is 1. The fourth-order valence-electron chi connectivity index (χ4n) is 1.57. The minimum Gasteiger partial charge on any atom is -0.465 e. The van der Waals surface area contributed by atoms with Crippen LogP contribution < -0.4 is 0 Å². The molecule has 0 saturated heterocycles. The van der Waals surface area contributed by atoms with E-state index in [0.717, 1.165) is 4.47 Å². The third kappa shape index (κ3) is 4.65. The predicted molar refractivity (Wildman–Crippen MR) is 81.9 cm³/mol. The SMILES string of the molecule is C=CCN(CC(=O)OCC)C(=O)c1cc(Br)ccc1Cl. The monoisotopic (exact) mass is 359 g/mol. The van der Waals surface area contributed by atoms with Crippen molar-refractivity contribution >= 4 is 39.4 Å². The van der Waals surface area contributed by atoms with E-state index >= 15 is 0 Å². The first-order valence-corrected chi connectivity index (χ1v) is 7.17. The fraction of sp³-hybridized carbons (Fsp3) is 0.286. The Morgan fingerprint density at radius 3 is 2.80 bits per heavy atom. The molecular formula is C14H15BrClNO3. The van der Waals surface area contributed by atoms with Crippen LogP contribution in [-0.2, 0) is 9.53 Å². The van der Waals surface area contributed by atoms with Crippen molar-refractivity contribution in [2.24, 2.45) is 0 Å². The quantitative estimate of drug-likeness (QED) is 0.578. The summed E-state index contributed by atoms with van der Waals surface area (Å²) in [6.07, 6.45) is 1.54. The third-order valence-electron chi connectivity index (χ3n) is 2.42. The number of hydrogen-bond donors (Lipinski definition) is 0. The molecule has 0 atom stereocenters. The first kappa shape index (κ1) is 16.7. The summed E-state index contributed by atoms with van der Waals surface area (Å²) in [5.74, 6) is -0.807. The Bertz CT molecular complexity index is 519. The normalized spacial score (nSPS) is 9.95. The van der Waals surface area contributed by atoms with Crippen molar-refractivity contribution in [3.63, 3.8) is 0 Å². The highest BCUT2D eigenvalue weighted by molar-refractivity contribution is 9.10. The average Bonchev–Trinajstić information content (AvgIpc) is 2.40. The van der Waals surface area contributed by atoms with Crippen LogP contribution in [0.2, 0.25) is 5.02 Å². The first-order chi connectivity index (χ1) is 9.49. The molecule has 0 saturated carbocycles. The maximum absolute atomic E-state index is 12.4. The summed E-state index contributed by atoms with van der Waals surface area (Å²) in [4.78, 5) is 25.3. The number of nitrogens with zero attached hydrogens (tertiary/aromatic N) is 1. The maximum Gasteiger partial charge on any atom is 0.325 e. The van der Waals surface area contributed by atoms with Crippen LogP contribution in [-0.4, -0.2) is 36.5 Å². The maximum atomic E-state index is 12.4. The lowest BCUT2D eigenvalue weighted by molar-refractivity contribution is -0.143. The fourth-order valence-corrected chi connectivity index (χ4v) is 2.13. The van der Waals surface area contributed by atoms with Crippen LogP contribution in [0.25, 0.3) is 0 Å². The Labute approximate surface area is 131 Å². The second-order valence-electron chi connectivity index (χ2n) is 3.90. The molecule has 0 radical (unpaired) electrons. The van der Waals surface area contributed by atoms with E-state index < -0.39 is 5.97 Å². The molecule has 0 aliphatic carbocycles. The molecule has 0 aliphatic rings. The van der Waals surface area contributed by atoms with Gasteiger partial charge in [0.25, 0.3) is 5.91 Å². The lowest BCUT2D eigenvalue weighted by atomic mass is 10.2. The minimum absolute atomic E-state index is 0.137. The van der Waals surface area contributed by atoms with E-state index in [1.165, 1.54) is 4.90 Å². The third-order valence-corrected chi connectivity index (χ3v) is 3.24. The van der Waals surface area contributed by atoms with Crippen LogP contribution in [0.4, 0.5) is 0 Å². The number of rotatable bonds is 6. The van der Waals surface area contributed by atoms with E-state index in [1.807, 2.05) is 0 Å². The van der Waals surface area contributed by atoms with E-state index in [2.05, 4.69) is 22.5 Å². The largest absolute Gasteiger partial charge is 0.465 e. The van der Waals surface area contributed by atoms with Crippen LogP contribution in [0.5, 0.6) is 0 Å². The number of benzene rings is 1. The topological polar surface area (TPSA) is 46.6 Å². The summed E-state index contributed by atoms with van der Waals surface area (Å²) in [5, 5.41) is 0.330. The molecule has 0 bridgehead atoms. The molecule has 0 aliphatic heterocycles. The molecule has 0 fully saturated rings. The van der Waals surface area contributed by atoms with Gasteiger partial charge in [-0.25, -0.2) is 0 Å². The Kier molecular flexibility index (Phi) is 6.75. The van der Waals surface area contributed by atoms with Crippen molar-refractivity contribution in [3.05, 3.63) is 45.9 Å². The van der Waals surface area contributed by atoms with Crippen LogP contribution in [0.3, 0.4) is 0 Å². The Hall–Kier alpha value is -1.33. The Morgan fingerprint density at radius 2 is 2.20 bits per heavy atom. The van der Waals surface area contributed by atoms with Gasteiger partial charge in [-0.2, -0.15) is 0 Å². The molecule has 1 aromatic carbocycles. The number of amides is 1. The molecule has 0 N–H and O–H groups in total. The zero-order valence-electron chi connectivity index (χ0n) is 11.1. The van der Waals surface area contributed by atoms with Crippen LogP contribution >= 0.6 is 27.5 Å². The average molecular weight is 361 g/mol. The summed E-state index contributed by atoms with van der Waals surface area (Å²) in [5.41, 5.74) is 0.326. The first-order valence-electron chi connectivity index (χ1n) is 6.00. The van der Waals surface area contributed by atoms with Gasteiger partial charge in [0, 0.05) is 11.0 Å². The summed E-state index contributed by atoms with van der Waals surface area (Å²) in [7, 11) is 0. The smallest absolute Gasteiger partial charge is 0.325 e. The van der Waals surface area contributed by atoms with Crippen molar-refractivity contribution in [2.75, 3.05) is 19.7 Å². The van der Waals surface area contributed by atoms with Crippen molar-refractivity contribution in [2.45, 2.75) is 6.92 Å². The standard InChI is InChI=1S/C14H15BrClNO3/c1-3-7-17(9-13(18)20-4-2)14(19)11-8-10(15)5-6-12(11)16/h3,5-6,8H,1,4,7,9H2,2H3. The van der Waals surface area contributed by atoms with Gasteiger partial charge in [-0.1, -0.05) is 33.6 Å². The zero-order chi connectivity index (χ0) is 15.1. The van der Waals surface area contributed by atoms with Gasteiger partial charge in [0.1, 0.15) is 6.54 Å². The highest BCUT2D eigenvalue weighted by Gasteiger charge is 2.20. The minimum atomic E-state index is -0.464. The van der Waals surface area contributed by atoms with Crippen LogP contribution in [0.15, 0.2) is 35.3 Å². The number of carbonyl (C=O) groups excluding carboxylic acids is 2. The second-order valence-corrected chi connectivity index (χ2v) is 5.23. The molecule has 0 aromatic heterocycles. The summed E-state index contributed by atoms with van der Waals surface area (Å²) < 4.78 is 5.59. The van der Waals surface area contributed by atoms with Crippen molar-refractivity contribution in [3.8, 4) is 0 Å². The molecule has 1 amide bonds. The molecule has 1 aromatic rings. The zero-order valence-corrected chi connectivity index (χ0v) is 13.4. The van der Waals surface area contributed by atoms with Gasteiger partial charge in [-0.15, -0.1) is 6.58 Å². The Morgan fingerprint density at radius 1 is 1.50 bits per heavy atom. The van der Waals surface area contributed by atoms with Gasteiger partial charge >= 0.3 is 5.97 Å². The van der Waals surface area contributed by atoms with Gasteiger partial charge in [0.05, 0.1) is 17.2 Å². The van der Waals surface area contributed by atoms with Crippen LogP contribution in [0, 0.1) is 0 Å². The molecule has 1 rings (SSSR count). The number of halogens is 2. The summed E-state index contributed by atoms with van der Waals surface area (Å²) >= 11 is 9.31. The summed E-state index contributed by atoms with van der Waals surface area (Å²) in [6.45, 7) is 5.66. The molecule has 6 heteroatoms. The van der Waals surface area contributed by atoms with Crippen molar-refractivity contribution in [1.82, 2.24) is 4.90 Å². The van der Waals surface area contributed by atoms with Gasteiger partial charge in [0.2, 0.25) is 0 Å².